The van der Waals surface area contributed by atoms with Gasteiger partial charge in [-0.1, -0.05) is 18.6 Å². The van der Waals surface area contributed by atoms with Gasteiger partial charge in [-0.05, 0) is 81.0 Å². The summed E-state index contributed by atoms with van der Waals surface area (Å²) < 4.78 is 0. The molecular formula is C20H31BCl2N2O3. The zero-order valence-electron chi connectivity index (χ0n) is 16.2. The number of carbonyl (C=O) groups excluding carboxylic acids is 1. The van der Waals surface area contributed by atoms with Crippen LogP contribution in [-0.4, -0.2) is 40.4 Å². The number of halogens is 2. The van der Waals surface area contributed by atoms with Crippen molar-refractivity contribution >= 4 is 37.0 Å². The van der Waals surface area contributed by atoms with Gasteiger partial charge in [0.15, 0.2) is 0 Å². The molecule has 3 saturated carbocycles. The van der Waals surface area contributed by atoms with Crippen molar-refractivity contribution in [1.82, 2.24) is 5.32 Å². The van der Waals surface area contributed by atoms with E-state index in [2.05, 4.69) is 17.4 Å². The fourth-order valence-corrected chi connectivity index (χ4v) is 4.89. The molecule has 0 unspecified atom stereocenters. The van der Waals surface area contributed by atoms with Crippen molar-refractivity contribution in [3.8, 4) is 0 Å². The first-order valence-electron chi connectivity index (χ1n) is 10.0. The minimum atomic E-state index is -1.58. The van der Waals surface area contributed by atoms with Gasteiger partial charge in [-0.2, -0.15) is 0 Å². The molecule has 0 aliphatic heterocycles. The molecule has 0 saturated heterocycles. The van der Waals surface area contributed by atoms with E-state index in [1.165, 1.54) is 5.56 Å². The van der Waals surface area contributed by atoms with Crippen LogP contribution in [0.2, 0.25) is 0 Å². The van der Waals surface area contributed by atoms with Crippen LogP contribution in [0.15, 0.2) is 24.3 Å². The van der Waals surface area contributed by atoms with Crippen LogP contribution >= 0.6 is 24.0 Å². The first-order valence-corrected chi connectivity index (χ1v) is 10.4. The molecule has 156 valence electrons. The van der Waals surface area contributed by atoms with Crippen molar-refractivity contribution in [2.75, 3.05) is 6.54 Å². The maximum absolute atomic E-state index is 12.5. The maximum atomic E-state index is 12.5. The van der Waals surface area contributed by atoms with Crippen LogP contribution in [0, 0.1) is 0 Å². The summed E-state index contributed by atoms with van der Waals surface area (Å²) in [7, 11) is -1.58. The third-order valence-corrected chi connectivity index (χ3v) is 7.13. The largest absolute Gasteiger partial charge is 0.475 e. The van der Waals surface area contributed by atoms with Crippen molar-refractivity contribution in [3.63, 3.8) is 0 Å². The molecule has 3 fully saturated rings. The minimum absolute atomic E-state index is 0. The zero-order valence-corrected chi connectivity index (χ0v) is 17.8. The van der Waals surface area contributed by atoms with E-state index in [9.17, 15) is 14.8 Å². The summed E-state index contributed by atoms with van der Waals surface area (Å²) >= 11 is 6.63. The average molecular weight is 429 g/mol. The SMILES string of the molecule is Cl.NCCCC[C@H](NC(=O)c1ccc(C23CCC(Cl)(CC2)CC3)cc1)B(O)O. The third kappa shape index (κ3) is 5.22. The Hall–Kier alpha value is -0.785. The number of hydrogen-bond acceptors (Lipinski definition) is 4. The van der Waals surface area contributed by atoms with Gasteiger partial charge in [0.1, 0.15) is 0 Å². The van der Waals surface area contributed by atoms with E-state index in [1.807, 2.05) is 12.1 Å². The van der Waals surface area contributed by atoms with Gasteiger partial charge in [0.05, 0.1) is 5.94 Å². The first-order chi connectivity index (χ1) is 12.9. The highest BCUT2D eigenvalue weighted by Crippen LogP contribution is 2.56. The van der Waals surface area contributed by atoms with Gasteiger partial charge >= 0.3 is 7.12 Å². The lowest BCUT2D eigenvalue weighted by molar-refractivity contribution is 0.0940. The maximum Gasteiger partial charge on any atom is 0.475 e. The number of amides is 1. The molecule has 2 bridgehead atoms. The van der Waals surface area contributed by atoms with Gasteiger partial charge in [0, 0.05) is 10.4 Å². The Balaban J connectivity index is 0.00000280. The van der Waals surface area contributed by atoms with Crippen molar-refractivity contribution in [2.24, 2.45) is 5.73 Å². The number of hydrogen-bond donors (Lipinski definition) is 4. The average Bonchev–Trinajstić information content (AvgIpc) is 2.68. The first kappa shape index (κ1) is 23.5. The molecule has 0 heterocycles. The Morgan fingerprint density at radius 1 is 1.11 bits per heavy atom. The zero-order chi connectivity index (χ0) is 19.5. The van der Waals surface area contributed by atoms with Crippen LogP contribution in [0.4, 0.5) is 0 Å². The molecule has 3 aliphatic carbocycles. The van der Waals surface area contributed by atoms with Gasteiger partial charge in [-0.25, -0.2) is 0 Å². The Bertz CT molecular complexity index is 633. The molecule has 1 aromatic carbocycles. The Labute approximate surface area is 179 Å². The van der Waals surface area contributed by atoms with Crippen LogP contribution in [0.25, 0.3) is 0 Å². The number of rotatable bonds is 8. The van der Waals surface area contributed by atoms with Crippen LogP contribution < -0.4 is 11.1 Å². The molecule has 4 rings (SSSR count). The molecule has 5 nitrogen and oxygen atoms in total. The number of nitrogens with one attached hydrogen (secondary N) is 1. The fourth-order valence-electron chi connectivity index (χ4n) is 4.60. The molecule has 0 radical (unpaired) electrons. The van der Waals surface area contributed by atoms with Crippen molar-refractivity contribution in [2.45, 2.75) is 74.0 Å². The molecular weight excluding hydrogens is 398 g/mol. The van der Waals surface area contributed by atoms with E-state index in [0.29, 0.717) is 18.5 Å². The number of carbonyl (C=O) groups is 1. The number of fused-ring (bicyclic) bond motifs is 3. The molecule has 1 atom stereocenters. The van der Waals surface area contributed by atoms with Gasteiger partial charge in [-0.3, -0.25) is 4.79 Å². The lowest BCUT2D eigenvalue weighted by Crippen LogP contribution is -2.46. The smallest absolute Gasteiger partial charge is 0.426 e. The van der Waals surface area contributed by atoms with E-state index in [4.69, 9.17) is 17.3 Å². The van der Waals surface area contributed by atoms with Gasteiger partial charge < -0.3 is 21.1 Å². The van der Waals surface area contributed by atoms with Crippen LogP contribution in [0.3, 0.4) is 0 Å². The molecule has 3 aliphatic rings. The van der Waals surface area contributed by atoms with E-state index in [1.54, 1.807) is 0 Å². The lowest BCUT2D eigenvalue weighted by atomic mass is 9.57. The molecule has 8 heteroatoms. The van der Waals surface area contributed by atoms with Crippen molar-refractivity contribution < 1.29 is 14.8 Å². The van der Waals surface area contributed by atoms with Crippen molar-refractivity contribution in [1.29, 1.82) is 0 Å². The topological polar surface area (TPSA) is 95.6 Å². The van der Waals surface area contributed by atoms with E-state index in [-0.39, 0.29) is 28.6 Å². The van der Waals surface area contributed by atoms with E-state index in [0.717, 1.165) is 51.4 Å². The summed E-state index contributed by atoms with van der Waals surface area (Å²) in [5, 5.41) is 21.8. The normalized spacial score (nSPS) is 27.0. The Morgan fingerprint density at radius 2 is 1.68 bits per heavy atom. The van der Waals surface area contributed by atoms with Crippen LogP contribution in [0.5, 0.6) is 0 Å². The molecule has 1 amide bonds. The predicted molar refractivity (Wildman–Crippen MR) is 116 cm³/mol. The van der Waals surface area contributed by atoms with Crippen LogP contribution in [-0.2, 0) is 5.41 Å². The van der Waals surface area contributed by atoms with Gasteiger partial charge in [-0.15, -0.1) is 24.0 Å². The monoisotopic (exact) mass is 428 g/mol. The summed E-state index contributed by atoms with van der Waals surface area (Å²) in [6.45, 7) is 0.552. The quantitative estimate of drug-likeness (QED) is 0.290. The number of benzene rings is 1. The minimum Gasteiger partial charge on any atom is -0.426 e. The molecule has 0 spiro atoms. The number of nitrogens with two attached hydrogens (primary N) is 1. The highest BCUT2D eigenvalue weighted by Gasteiger charge is 2.48. The van der Waals surface area contributed by atoms with Gasteiger partial charge in [0.25, 0.3) is 5.91 Å². The van der Waals surface area contributed by atoms with E-state index < -0.39 is 13.1 Å². The number of alkyl halides is 1. The second-order valence-corrected chi connectivity index (χ2v) is 9.09. The Kier molecular flexibility index (Phi) is 8.23. The van der Waals surface area contributed by atoms with Gasteiger partial charge in [0.2, 0.25) is 0 Å². The highest BCUT2D eigenvalue weighted by atomic mass is 35.5. The van der Waals surface area contributed by atoms with Crippen LogP contribution in [0.1, 0.15) is 73.7 Å². The molecule has 0 aromatic heterocycles. The fraction of sp³-hybridized carbons (Fsp3) is 0.650. The summed E-state index contributed by atoms with van der Waals surface area (Å²) in [5.74, 6) is -0.965. The summed E-state index contributed by atoms with van der Waals surface area (Å²) in [6.07, 6.45) is 8.55. The lowest BCUT2D eigenvalue weighted by Gasteiger charge is -2.51. The predicted octanol–water partition coefficient (Wildman–Crippen LogP) is 2.93. The second kappa shape index (κ2) is 9.81. The molecule has 1 aromatic rings. The summed E-state index contributed by atoms with van der Waals surface area (Å²) in [6, 6.07) is 7.80. The molecule has 5 N–H and O–H groups in total. The standard InChI is InChI=1S/C20H30BClN2O3.ClH/c22-20-11-8-19(9-12-20,10-13-20)16-6-4-15(5-7-16)18(25)24-17(21(26)27)3-1-2-14-23;/h4-7,17,26-27H,1-3,8-14,23H2,(H,24,25);1H/t17-,19?,20?;/m0./s1. The van der Waals surface area contributed by atoms with E-state index >= 15 is 0 Å². The molecule has 28 heavy (non-hydrogen) atoms. The summed E-state index contributed by atoms with van der Waals surface area (Å²) in [4.78, 5) is 12.5. The van der Waals surface area contributed by atoms with Crippen molar-refractivity contribution in [3.05, 3.63) is 35.4 Å². The summed E-state index contributed by atoms with van der Waals surface area (Å²) in [5.41, 5.74) is 7.51. The highest BCUT2D eigenvalue weighted by molar-refractivity contribution is 6.43. The Morgan fingerprint density at radius 3 is 2.18 bits per heavy atom. The second-order valence-electron chi connectivity index (χ2n) is 8.29. The third-order valence-electron chi connectivity index (χ3n) is 6.56. The number of unbranched alkanes of at least 4 members (excludes halogenated alkanes) is 1.